The second-order valence-corrected chi connectivity index (χ2v) is 4.20. The van der Waals surface area contributed by atoms with Gasteiger partial charge in [0.05, 0.1) is 11.9 Å². The first-order valence-electron chi connectivity index (χ1n) is 5.32. The highest BCUT2D eigenvalue weighted by molar-refractivity contribution is 6.32. The van der Waals surface area contributed by atoms with Crippen LogP contribution in [0.4, 0.5) is 0 Å². The van der Waals surface area contributed by atoms with E-state index in [4.69, 9.17) is 11.6 Å². The summed E-state index contributed by atoms with van der Waals surface area (Å²) >= 11 is 6.06. The minimum atomic E-state index is 0.334. The van der Waals surface area contributed by atoms with Gasteiger partial charge in [-0.1, -0.05) is 11.6 Å². The van der Waals surface area contributed by atoms with Crippen molar-refractivity contribution in [2.45, 2.75) is 13.8 Å². The molecular formula is C11H9ClN6. The van der Waals surface area contributed by atoms with Gasteiger partial charge in [-0.3, -0.25) is 9.38 Å². The zero-order valence-electron chi connectivity index (χ0n) is 9.79. The Balaban J connectivity index is 2.39. The van der Waals surface area contributed by atoms with Crippen molar-refractivity contribution in [3.63, 3.8) is 0 Å². The molecule has 3 aromatic rings. The Morgan fingerprint density at radius 2 is 2.00 bits per heavy atom. The topological polar surface area (TPSA) is 68.9 Å². The summed E-state index contributed by atoms with van der Waals surface area (Å²) < 4.78 is 1.84. The molecule has 0 amide bonds. The number of halogens is 1. The molecule has 7 heteroatoms. The summed E-state index contributed by atoms with van der Waals surface area (Å²) in [6.45, 7) is 3.83. The van der Waals surface area contributed by atoms with Gasteiger partial charge in [0.15, 0.2) is 16.6 Å². The fraction of sp³-hybridized carbons (Fsp3) is 0.182. The molecule has 3 rings (SSSR count). The molecule has 0 saturated heterocycles. The SMILES string of the molecule is Cc1nc(Cl)c2nnc(-c3cnccn3)n2c1C. The Hall–Kier alpha value is -2.08. The van der Waals surface area contributed by atoms with E-state index in [1.807, 2.05) is 18.2 Å². The van der Waals surface area contributed by atoms with Crippen molar-refractivity contribution in [3.8, 4) is 11.5 Å². The number of aryl methyl sites for hydroxylation is 2. The minimum Gasteiger partial charge on any atom is -0.274 e. The standard InChI is InChI=1S/C11H9ClN6/c1-6-7(2)18-10(8-5-13-3-4-14-8)16-17-11(18)9(12)15-6/h3-5H,1-2H3. The second-order valence-electron chi connectivity index (χ2n) is 3.85. The van der Waals surface area contributed by atoms with Gasteiger partial charge in [0.25, 0.3) is 0 Å². The third kappa shape index (κ3) is 1.53. The maximum absolute atomic E-state index is 6.06. The largest absolute Gasteiger partial charge is 0.274 e. The molecule has 0 radical (unpaired) electrons. The Morgan fingerprint density at radius 1 is 1.17 bits per heavy atom. The Labute approximate surface area is 108 Å². The molecule has 3 aromatic heterocycles. The summed E-state index contributed by atoms with van der Waals surface area (Å²) in [6, 6.07) is 0. The van der Waals surface area contributed by atoms with Gasteiger partial charge in [0, 0.05) is 18.1 Å². The lowest BCUT2D eigenvalue weighted by molar-refractivity contribution is 0.990. The van der Waals surface area contributed by atoms with Crippen LogP contribution < -0.4 is 0 Å². The predicted molar refractivity (Wildman–Crippen MR) is 66.3 cm³/mol. The van der Waals surface area contributed by atoms with Crippen molar-refractivity contribution in [2.75, 3.05) is 0 Å². The first-order valence-corrected chi connectivity index (χ1v) is 5.70. The van der Waals surface area contributed by atoms with Gasteiger partial charge in [-0.15, -0.1) is 10.2 Å². The van der Waals surface area contributed by atoms with E-state index in [1.54, 1.807) is 18.6 Å². The van der Waals surface area contributed by atoms with Crippen molar-refractivity contribution in [2.24, 2.45) is 0 Å². The van der Waals surface area contributed by atoms with Gasteiger partial charge in [0.1, 0.15) is 5.69 Å². The highest BCUT2D eigenvalue weighted by Crippen LogP contribution is 2.22. The fourth-order valence-corrected chi connectivity index (χ4v) is 2.01. The molecule has 0 aromatic carbocycles. The van der Waals surface area contributed by atoms with Gasteiger partial charge in [-0.25, -0.2) is 9.97 Å². The van der Waals surface area contributed by atoms with Crippen LogP contribution in [0.5, 0.6) is 0 Å². The highest BCUT2D eigenvalue weighted by Gasteiger charge is 2.16. The number of hydrogen-bond donors (Lipinski definition) is 0. The quantitative estimate of drug-likeness (QED) is 0.668. The van der Waals surface area contributed by atoms with Crippen molar-refractivity contribution in [1.82, 2.24) is 29.5 Å². The second kappa shape index (κ2) is 3.99. The van der Waals surface area contributed by atoms with Crippen molar-refractivity contribution in [1.29, 1.82) is 0 Å². The molecule has 90 valence electrons. The van der Waals surface area contributed by atoms with Gasteiger partial charge >= 0.3 is 0 Å². The number of rotatable bonds is 1. The summed E-state index contributed by atoms with van der Waals surface area (Å²) in [7, 11) is 0. The lowest BCUT2D eigenvalue weighted by Gasteiger charge is -2.06. The number of fused-ring (bicyclic) bond motifs is 1. The first kappa shape index (κ1) is 11.0. The van der Waals surface area contributed by atoms with E-state index in [1.165, 1.54) is 0 Å². The average Bonchev–Trinajstić information content (AvgIpc) is 2.82. The van der Waals surface area contributed by atoms with E-state index in [0.29, 0.717) is 22.3 Å². The van der Waals surface area contributed by atoms with E-state index in [9.17, 15) is 0 Å². The maximum Gasteiger partial charge on any atom is 0.199 e. The third-order valence-corrected chi connectivity index (χ3v) is 3.02. The van der Waals surface area contributed by atoms with Crippen LogP contribution in [-0.4, -0.2) is 29.5 Å². The lowest BCUT2D eigenvalue weighted by Crippen LogP contribution is -2.01. The molecule has 0 spiro atoms. The zero-order chi connectivity index (χ0) is 12.7. The minimum absolute atomic E-state index is 0.334. The zero-order valence-corrected chi connectivity index (χ0v) is 10.5. The molecule has 0 aliphatic heterocycles. The van der Waals surface area contributed by atoms with Crippen LogP contribution in [-0.2, 0) is 0 Å². The molecule has 0 aliphatic carbocycles. The molecular weight excluding hydrogens is 252 g/mol. The number of hydrogen-bond acceptors (Lipinski definition) is 5. The van der Waals surface area contributed by atoms with Crippen LogP contribution >= 0.6 is 11.6 Å². The number of nitrogens with zero attached hydrogens (tertiary/aromatic N) is 6. The van der Waals surface area contributed by atoms with Gasteiger partial charge in [-0.05, 0) is 13.8 Å². The van der Waals surface area contributed by atoms with E-state index in [0.717, 1.165) is 11.4 Å². The summed E-state index contributed by atoms with van der Waals surface area (Å²) in [6.07, 6.45) is 4.86. The Bertz CT molecular complexity index is 721. The fourth-order valence-electron chi connectivity index (χ4n) is 1.76. The van der Waals surface area contributed by atoms with Gasteiger partial charge in [-0.2, -0.15) is 0 Å². The molecule has 0 bridgehead atoms. The van der Waals surface area contributed by atoms with E-state index >= 15 is 0 Å². The molecule has 6 nitrogen and oxygen atoms in total. The molecule has 0 unspecified atom stereocenters. The van der Waals surface area contributed by atoms with Crippen LogP contribution in [0.3, 0.4) is 0 Å². The van der Waals surface area contributed by atoms with E-state index in [2.05, 4.69) is 25.1 Å². The molecule has 3 heterocycles. The summed E-state index contributed by atoms with van der Waals surface area (Å²) in [5, 5.41) is 8.50. The maximum atomic E-state index is 6.06. The smallest absolute Gasteiger partial charge is 0.199 e. The summed E-state index contributed by atoms with van der Waals surface area (Å²) in [5.41, 5.74) is 2.94. The van der Waals surface area contributed by atoms with Crippen LogP contribution in [0.15, 0.2) is 18.6 Å². The summed E-state index contributed by atoms with van der Waals surface area (Å²) in [4.78, 5) is 12.5. The number of aromatic nitrogens is 6. The predicted octanol–water partition coefficient (Wildman–Crippen LogP) is 1.85. The lowest BCUT2D eigenvalue weighted by atomic mass is 10.3. The van der Waals surface area contributed by atoms with Crippen LogP contribution in [0, 0.1) is 13.8 Å². The molecule has 0 saturated carbocycles. The molecule has 0 aliphatic rings. The van der Waals surface area contributed by atoms with Crippen molar-refractivity contribution in [3.05, 3.63) is 35.1 Å². The third-order valence-electron chi connectivity index (χ3n) is 2.76. The van der Waals surface area contributed by atoms with E-state index in [-0.39, 0.29) is 0 Å². The first-order chi connectivity index (χ1) is 8.68. The molecule has 0 atom stereocenters. The van der Waals surface area contributed by atoms with E-state index < -0.39 is 0 Å². The highest BCUT2D eigenvalue weighted by atomic mass is 35.5. The molecule has 0 fully saturated rings. The summed E-state index contributed by atoms with van der Waals surface area (Å²) in [5.74, 6) is 0.614. The Kier molecular flexibility index (Phi) is 2.45. The van der Waals surface area contributed by atoms with Crippen LogP contribution in [0.2, 0.25) is 5.15 Å². The normalized spacial score (nSPS) is 11.1. The average molecular weight is 261 g/mol. The van der Waals surface area contributed by atoms with Crippen LogP contribution in [0.1, 0.15) is 11.4 Å². The monoisotopic (exact) mass is 260 g/mol. The van der Waals surface area contributed by atoms with Crippen molar-refractivity contribution < 1.29 is 0 Å². The van der Waals surface area contributed by atoms with Gasteiger partial charge < -0.3 is 0 Å². The van der Waals surface area contributed by atoms with Gasteiger partial charge in [0.2, 0.25) is 0 Å². The Morgan fingerprint density at radius 3 is 2.72 bits per heavy atom. The van der Waals surface area contributed by atoms with Crippen molar-refractivity contribution >= 4 is 17.2 Å². The van der Waals surface area contributed by atoms with Crippen LogP contribution in [0.25, 0.3) is 17.2 Å². The molecule has 18 heavy (non-hydrogen) atoms. The molecule has 0 N–H and O–H groups in total.